The van der Waals surface area contributed by atoms with Gasteiger partial charge in [0.05, 0.1) is 0 Å². The molecule has 4 nitrogen and oxygen atoms in total. The van der Waals surface area contributed by atoms with Gasteiger partial charge in [0.15, 0.2) is 0 Å². The maximum atomic E-state index is 12.7. The van der Waals surface area contributed by atoms with Crippen LogP contribution < -0.4 is 10.6 Å². The molecular formula is C21H29F3N2O2. The largest absolute Gasteiger partial charge is 0.408 e. The highest BCUT2D eigenvalue weighted by Crippen LogP contribution is 2.29. The van der Waals surface area contributed by atoms with Gasteiger partial charge in [-0.05, 0) is 60.8 Å². The number of alkyl halides is 3. The summed E-state index contributed by atoms with van der Waals surface area (Å²) in [6, 6.07) is 2.43. The number of amides is 2. The molecule has 1 saturated heterocycles. The van der Waals surface area contributed by atoms with E-state index in [2.05, 4.69) is 38.2 Å². The Bertz CT molecular complexity index is 728. The fourth-order valence-corrected chi connectivity index (χ4v) is 3.56. The molecule has 0 radical (unpaired) electrons. The SMILES string of the molecule is Cc1cc(C(C)(C)C)cc(C)c1CCNC(=O)C1CCC(C(F)(F)F)NC1=O. The van der Waals surface area contributed by atoms with Crippen LogP contribution in [-0.2, 0) is 21.4 Å². The summed E-state index contributed by atoms with van der Waals surface area (Å²) in [7, 11) is 0. The number of nitrogens with one attached hydrogen (secondary N) is 2. The number of piperidine rings is 1. The molecular weight excluding hydrogens is 369 g/mol. The van der Waals surface area contributed by atoms with Crippen molar-refractivity contribution in [1.82, 2.24) is 10.6 Å². The van der Waals surface area contributed by atoms with Gasteiger partial charge >= 0.3 is 6.18 Å². The third kappa shape index (κ3) is 5.26. The molecule has 1 aromatic carbocycles. The molecule has 2 atom stereocenters. The molecule has 156 valence electrons. The van der Waals surface area contributed by atoms with E-state index in [4.69, 9.17) is 0 Å². The summed E-state index contributed by atoms with van der Waals surface area (Å²) < 4.78 is 38.1. The van der Waals surface area contributed by atoms with Crippen LogP contribution in [0.4, 0.5) is 13.2 Å². The Kier molecular flexibility index (Phi) is 6.46. The lowest BCUT2D eigenvalue weighted by atomic mass is 9.83. The van der Waals surface area contributed by atoms with Gasteiger partial charge in [-0.2, -0.15) is 13.2 Å². The van der Waals surface area contributed by atoms with Crippen molar-refractivity contribution < 1.29 is 22.8 Å². The van der Waals surface area contributed by atoms with Gasteiger partial charge in [0, 0.05) is 6.54 Å². The lowest BCUT2D eigenvalue weighted by Gasteiger charge is -2.29. The number of hydrogen-bond donors (Lipinski definition) is 2. The van der Waals surface area contributed by atoms with Crippen molar-refractivity contribution in [2.24, 2.45) is 5.92 Å². The van der Waals surface area contributed by atoms with Gasteiger partial charge in [-0.1, -0.05) is 32.9 Å². The van der Waals surface area contributed by atoms with Gasteiger partial charge < -0.3 is 10.6 Å². The Morgan fingerprint density at radius 3 is 2.18 bits per heavy atom. The summed E-state index contributed by atoms with van der Waals surface area (Å²) in [6.45, 7) is 10.9. The highest BCUT2D eigenvalue weighted by atomic mass is 19.4. The Labute approximate surface area is 164 Å². The number of carbonyl (C=O) groups is 2. The predicted octanol–water partition coefficient (Wildman–Crippen LogP) is 3.72. The summed E-state index contributed by atoms with van der Waals surface area (Å²) >= 11 is 0. The fourth-order valence-electron chi connectivity index (χ4n) is 3.56. The first-order valence-electron chi connectivity index (χ1n) is 9.56. The van der Waals surface area contributed by atoms with Crippen molar-refractivity contribution in [3.05, 3.63) is 34.4 Å². The second-order valence-electron chi connectivity index (χ2n) is 8.61. The third-order valence-corrected chi connectivity index (χ3v) is 5.32. The number of benzene rings is 1. The molecule has 2 rings (SSSR count). The molecule has 1 aliphatic rings. The summed E-state index contributed by atoms with van der Waals surface area (Å²) in [5.74, 6) is -2.43. The molecule has 28 heavy (non-hydrogen) atoms. The van der Waals surface area contributed by atoms with E-state index >= 15 is 0 Å². The van der Waals surface area contributed by atoms with Crippen LogP contribution in [0.2, 0.25) is 0 Å². The number of rotatable bonds is 4. The van der Waals surface area contributed by atoms with Crippen LogP contribution in [0, 0.1) is 19.8 Å². The zero-order valence-corrected chi connectivity index (χ0v) is 17.1. The first-order valence-corrected chi connectivity index (χ1v) is 9.56. The van der Waals surface area contributed by atoms with Crippen LogP contribution in [0.3, 0.4) is 0 Å². The van der Waals surface area contributed by atoms with Gasteiger partial charge in [0.1, 0.15) is 12.0 Å². The van der Waals surface area contributed by atoms with E-state index in [1.54, 1.807) is 0 Å². The smallest absolute Gasteiger partial charge is 0.355 e. The molecule has 1 heterocycles. The average molecular weight is 398 g/mol. The molecule has 0 aliphatic carbocycles. The average Bonchev–Trinajstić information content (AvgIpc) is 2.55. The van der Waals surface area contributed by atoms with Crippen molar-refractivity contribution in [2.45, 2.75) is 71.5 Å². The Balaban J connectivity index is 1.94. The number of halogens is 3. The maximum absolute atomic E-state index is 12.7. The lowest BCUT2D eigenvalue weighted by molar-refractivity contribution is -0.171. The van der Waals surface area contributed by atoms with Crippen LogP contribution in [0.15, 0.2) is 12.1 Å². The fraction of sp³-hybridized carbons (Fsp3) is 0.619. The molecule has 0 bridgehead atoms. The molecule has 0 spiro atoms. The van der Waals surface area contributed by atoms with E-state index in [0.29, 0.717) is 13.0 Å². The van der Waals surface area contributed by atoms with Gasteiger partial charge in [-0.25, -0.2) is 0 Å². The van der Waals surface area contributed by atoms with Gasteiger partial charge in [0.2, 0.25) is 11.8 Å². The minimum atomic E-state index is -4.48. The maximum Gasteiger partial charge on any atom is 0.408 e. The molecule has 2 unspecified atom stereocenters. The molecule has 1 fully saturated rings. The van der Waals surface area contributed by atoms with Crippen molar-refractivity contribution in [3.8, 4) is 0 Å². The Hall–Kier alpha value is -2.05. The molecule has 1 aliphatic heterocycles. The number of carbonyl (C=O) groups excluding carboxylic acids is 2. The minimum absolute atomic E-state index is 0.0465. The van der Waals surface area contributed by atoms with Gasteiger partial charge in [-0.15, -0.1) is 0 Å². The monoisotopic (exact) mass is 398 g/mol. The first kappa shape index (κ1) is 22.2. The second-order valence-corrected chi connectivity index (χ2v) is 8.61. The van der Waals surface area contributed by atoms with E-state index in [9.17, 15) is 22.8 Å². The van der Waals surface area contributed by atoms with Crippen LogP contribution in [0.1, 0.15) is 55.9 Å². The topological polar surface area (TPSA) is 58.2 Å². The van der Waals surface area contributed by atoms with Crippen LogP contribution in [0.25, 0.3) is 0 Å². The normalized spacial score (nSPS) is 20.6. The lowest BCUT2D eigenvalue weighted by Crippen LogP contribution is -2.54. The molecule has 2 N–H and O–H groups in total. The zero-order valence-electron chi connectivity index (χ0n) is 17.1. The van der Waals surface area contributed by atoms with Crippen molar-refractivity contribution >= 4 is 11.8 Å². The van der Waals surface area contributed by atoms with Crippen molar-refractivity contribution in [2.75, 3.05) is 6.54 Å². The molecule has 1 aromatic rings. The summed E-state index contributed by atoms with van der Waals surface area (Å²) in [5.41, 5.74) is 4.71. The summed E-state index contributed by atoms with van der Waals surface area (Å²) in [6.07, 6.45) is -4.25. The highest BCUT2D eigenvalue weighted by Gasteiger charge is 2.45. The minimum Gasteiger partial charge on any atom is -0.355 e. The highest BCUT2D eigenvalue weighted by molar-refractivity contribution is 6.00. The summed E-state index contributed by atoms with van der Waals surface area (Å²) in [5, 5.41) is 4.61. The molecule has 0 aromatic heterocycles. The molecule has 2 amide bonds. The standard InChI is InChI=1S/C21H29F3N2O2/c1-12-10-14(20(3,4)5)11-13(2)15(12)8-9-25-18(27)16-6-7-17(21(22,23)24)26-19(16)28/h10-11,16-17H,6-9H2,1-5H3,(H,25,27)(H,26,28). The van der Waals surface area contributed by atoms with E-state index < -0.39 is 30.0 Å². The van der Waals surface area contributed by atoms with Crippen LogP contribution in [-0.4, -0.2) is 30.6 Å². The van der Waals surface area contributed by atoms with E-state index in [0.717, 1.165) is 16.7 Å². The predicted molar refractivity (Wildman–Crippen MR) is 102 cm³/mol. The molecule has 7 heteroatoms. The first-order chi connectivity index (χ1) is 12.8. The zero-order chi connectivity index (χ0) is 21.3. The Morgan fingerprint density at radius 2 is 1.71 bits per heavy atom. The quantitative estimate of drug-likeness (QED) is 0.760. The Morgan fingerprint density at radius 1 is 1.14 bits per heavy atom. The second kappa shape index (κ2) is 8.13. The van der Waals surface area contributed by atoms with E-state index in [-0.39, 0.29) is 18.3 Å². The van der Waals surface area contributed by atoms with Crippen LogP contribution in [0.5, 0.6) is 0 Å². The number of aryl methyl sites for hydroxylation is 2. The third-order valence-electron chi connectivity index (χ3n) is 5.32. The van der Waals surface area contributed by atoms with E-state index in [1.807, 2.05) is 19.2 Å². The molecule has 0 saturated carbocycles. The van der Waals surface area contributed by atoms with Crippen LogP contribution >= 0.6 is 0 Å². The van der Waals surface area contributed by atoms with Gasteiger partial charge in [-0.3, -0.25) is 9.59 Å². The van der Waals surface area contributed by atoms with Crippen molar-refractivity contribution in [1.29, 1.82) is 0 Å². The summed E-state index contributed by atoms with van der Waals surface area (Å²) in [4.78, 5) is 24.2. The van der Waals surface area contributed by atoms with Crippen molar-refractivity contribution in [3.63, 3.8) is 0 Å². The van der Waals surface area contributed by atoms with E-state index in [1.165, 1.54) is 5.56 Å². The van der Waals surface area contributed by atoms with Gasteiger partial charge in [0.25, 0.3) is 0 Å². The number of hydrogen-bond acceptors (Lipinski definition) is 2.